The van der Waals surface area contributed by atoms with Crippen LogP contribution in [0.2, 0.25) is 0 Å². The van der Waals surface area contributed by atoms with Crippen molar-refractivity contribution in [2.45, 2.75) is 32.2 Å². The number of aromatic amines is 1. The van der Waals surface area contributed by atoms with E-state index in [0.717, 1.165) is 28.1 Å². The zero-order valence-corrected chi connectivity index (χ0v) is 19.4. The van der Waals surface area contributed by atoms with Gasteiger partial charge < -0.3 is 15.2 Å². The molecule has 2 aromatic carbocycles. The predicted molar refractivity (Wildman–Crippen MR) is 133 cm³/mol. The molecule has 5 nitrogen and oxygen atoms in total. The van der Waals surface area contributed by atoms with Gasteiger partial charge in [0.15, 0.2) is 0 Å². The molecule has 3 heterocycles. The molecule has 2 N–H and O–H groups in total. The minimum absolute atomic E-state index is 0.0119. The average Bonchev–Trinajstić information content (AvgIpc) is 3.50. The third-order valence-electron chi connectivity index (χ3n) is 6.45. The van der Waals surface area contributed by atoms with Crippen molar-refractivity contribution >= 4 is 39.7 Å². The quantitative estimate of drug-likeness (QED) is 0.408. The van der Waals surface area contributed by atoms with Crippen molar-refractivity contribution in [2.24, 2.45) is 5.92 Å². The van der Waals surface area contributed by atoms with E-state index in [4.69, 9.17) is 0 Å². The number of rotatable bonds is 6. The number of hydrogen-bond donors (Lipinski definition) is 2. The van der Waals surface area contributed by atoms with Crippen molar-refractivity contribution in [2.75, 3.05) is 11.4 Å². The molecule has 0 bridgehead atoms. The van der Waals surface area contributed by atoms with Crippen LogP contribution in [0.1, 0.15) is 34.9 Å². The van der Waals surface area contributed by atoms with Gasteiger partial charge in [0.25, 0.3) is 0 Å². The minimum Gasteiger partial charge on any atom is -0.361 e. The largest absolute Gasteiger partial charge is 0.361 e. The van der Waals surface area contributed by atoms with E-state index < -0.39 is 0 Å². The number of aromatic nitrogens is 1. The number of anilines is 1. The van der Waals surface area contributed by atoms with Crippen LogP contribution in [0.3, 0.4) is 0 Å². The van der Waals surface area contributed by atoms with E-state index in [1.807, 2.05) is 71.9 Å². The van der Waals surface area contributed by atoms with Gasteiger partial charge in [0.1, 0.15) is 0 Å². The fraction of sp³-hybridized carbons (Fsp3) is 0.259. The highest BCUT2D eigenvalue weighted by molar-refractivity contribution is 7.10. The SMILES string of the molecule is Cc1ccc(N2C(=O)CC[C@@H](C(=O)NCCc3c[nH]c4ccccc34)[C@@H]2c2cccs2)cc1. The van der Waals surface area contributed by atoms with Crippen molar-refractivity contribution in [3.8, 4) is 0 Å². The summed E-state index contributed by atoms with van der Waals surface area (Å²) in [5, 5.41) is 6.36. The Balaban J connectivity index is 1.35. The lowest BCUT2D eigenvalue weighted by atomic mass is 9.86. The van der Waals surface area contributed by atoms with Gasteiger partial charge in [-0.05, 0) is 55.0 Å². The highest BCUT2D eigenvalue weighted by Crippen LogP contribution is 2.41. The van der Waals surface area contributed by atoms with E-state index in [2.05, 4.69) is 22.4 Å². The van der Waals surface area contributed by atoms with E-state index in [1.165, 1.54) is 10.9 Å². The van der Waals surface area contributed by atoms with Crippen molar-refractivity contribution in [1.29, 1.82) is 0 Å². The average molecular weight is 458 g/mol. The zero-order valence-electron chi connectivity index (χ0n) is 18.6. The third-order valence-corrected chi connectivity index (χ3v) is 7.39. The number of benzene rings is 2. The number of fused-ring (bicyclic) bond motifs is 1. The third kappa shape index (κ3) is 4.31. The van der Waals surface area contributed by atoms with Crippen LogP contribution >= 0.6 is 11.3 Å². The van der Waals surface area contributed by atoms with Crippen molar-refractivity contribution in [3.05, 3.63) is 88.2 Å². The number of carbonyl (C=O) groups excluding carboxylic acids is 2. The summed E-state index contributed by atoms with van der Waals surface area (Å²) in [6.45, 7) is 2.59. The lowest BCUT2D eigenvalue weighted by Gasteiger charge is -2.40. The molecule has 0 aliphatic carbocycles. The Hall–Kier alpha value is -3.38. The molecule has 1 aliphatic rings. The first kappa shape index (κ1) is 21.5. The summed E-state index contributed by atoms with van der Waals surface area (Å²) in [5.41, 5.74) is 4.29. The number of nitrogens with zero attached hydrogens (tertiary/aromatic N) is 1. The van der Waals surface area contributed by atoms with Gasteiger partial charge in [-0.15, -0.1) is 11.3 Å². The Morgan fingerprint density at radius 2 is 1.94 bits per heavy atom. The molecular weight excluding hydrogens is 430 g/mol. The second-order valence-corrected chi connectivity index (χ2v) is 9.58. The first-order valence-electron chi connectivity index (χ1n) is 11.4. The van der Waals surface area contributed by atoms with Gasteiger partial charge in [-0.1, -0.05) is 42.0 Å². The highest BCUT2D eigenvalue weighted by Gasteiger charge is 2.41. The summed E-state index contributed by atoms with van der Waals surface area (Å²) in [4.78, 5) is 32.6. The van der Waals surface area contributed by atoms with Gasteiger partial charge in [0.05, 0.1) is 12.0 Å². The number of piperidine rings is 1. The van der Waals surface area contributed by atoms with Crippen LogP contribution in [0.5, 0.6) is 0 Å². The summed E-state index contributed by atoms with van der Waals surface area (Å²) in [6.07, 6.45) is 3.70. The first-order valence-corrected chi connectivity index (χ1v) is 12.2. The van der Waals surface area contributed by atoms with Crippen LogP contribution in [0.15, 0.2) is 72.2 Å². The zero-order chi connectivity index (χ0) is 22.8. The first-order chi connectivity index (χ1) is 16.1. The minimum atomic E-state index is -0.290. The second kappa shape index (κ2) is 9.24. The van der Waals surface area contributed by atoms with Crippen molar-refractivity contribution in [1.82, 2.24) is 10.3 Å². The Kier molecular flexibility index (Phi) is 6.01. The summed E-state index contributed by atoms with van der Waals surface area (Å²) in [7, 11) is 0. The maximum Gasteiger partial charge on any atom is 0.227 e. The van der Waals surface area contributed by atoms with Crippen LogP contribution in [0.25, 0.3) is 10.9 Å². The van der Waals surface area contributed by atoms with Gasteiger partial charge in [-0.25, -0.2) is 0 Å². The number of aryl methyl sites for hydroxylation is 1. The standard InChI is InChI=1S/C27H27N3O2S/c1-18-8-10-20(11-9-18)30-25(31)13-12-22(26(30)24-7-4-16-33-24)27(32)28-15-14-19-17-29-23-6-3-2-5-21(19)23/h2-11,16-17,22,26,29H,12-15H2,1H3,(H,28,32)/t22-,26-/m1/s1. The molecule has 168 valence electrons. The van der Waals surface area contributed by atoms with Crippen LogP contribution in [-0.2, 0) is 16.0 Å². The molecule has 5 rings (SSSR count). The number of para-hydroxylation sites is 1. The van der Waals surface area contributed by atoms with Crippen molar-refractivity contribution < 1.29 is 9.59 Å². The van der Waals surface area contributed by atoms with E-state index in [9.17, 15) is 9.59 Å². The molecule has 0 radical (unpaired) electrons. The normalized spacial score (nSPS) is 18.6. The fourth-order valence-electron chi connectivity index (χ4n) is 4.75. The Morgan fingerprint density at radius 3 is 2.73 bits per heavy atom. The number of nitrogens with one attached hydrogen (secondary N) is 2. The van der Waals surface area contributed by atoms with E-state index in [-0.39, 0.29) is 23.8 Å². The molecule has 6 heteroatoms. The van der Waals surface area contributed by atoms with Crippen LogP contribution in [0, 0.1) is 12.8 Å². The number of H-pyrrole nitrogens is 1. The number of carbonyl (C=O) groups is 2. The lowest BCUT2D eigenvalue weighted by Crippen LogP contribution is -2.48. The van der Waals surface area contributed by atoms with E-state index in [1.54, 1.807) is 11.3 Å². The van der Waals surface area contributed by atoms with Crippen LogP contribution in [-0.4, -0.2) is 23.3 Å². The van der Waals surface area contributed by atoms with Gasteiger partial charge in [0.2, 0.25) is 11.8 Å². The molecule has 1 fully saturated rings. The molecule has 2 atom stereocenters. The highest BCUT2D eigenvalue weighted by atomic mass is 32.1. The molecule has 0 saturated carbocycles. The summed E-state index contributed by atoms with van der Waals surface area (Å²) >= 11 is 1.60. The molecule has 0 spiro atoms. The van der Waals surface area contributed by atoms with Crippen LogP contribution < -0.4 is 10.2 Å². The van der Waals surface area contributed by atoms with Crippen LogP contribution in [0.4, 0.5) is 5.69 Å². The smallest absolute Gasteiger partial charge is 0.227 e. The number of thiophene rings is 1. The van der Waals surface area contributed by atoms with Gasteiger partial charge >= 0.3 is 0 Å². The molecule has 0 unspecified atom stereocenters. The fourth-order valence-corrected chi connectivity index (χ4v) is 5.63. The van der Waals surface area contributed by atoms with Gasteiger partial charge in [-0.2, -0.15) is 0 Å². The summed E-state index contributed by atoms with van der Waals surface area (Å²) in [6, 6.07) is 19.9. The molecule has 1 saturated heterocycles. The van der Waals surface area contributed by atoms with Gasteiger partial charge in [-0.3, -0.25) is 9.59 Å². The molecule has 1 aliphatic heterocycles. The van der Waals surface area contributed by atoms with E-state index >= 15 is 0 Å². The number of hydrogen-bond acceptors (Lipinski definition) is 3. The summed E-state index contributed by atoms with van der Waals surface area (Å²) in [5.74, 6) is -0.205. The predicted octanol–water partition coefficient (Wildman–Crippen LogP) is 5.38. The molecule has 4 aromatic rings. The molecule has 33 heavy (non-hydrogen) atoms. The van der Waals surface area contributed by atoms with Gasteiger partial charge in [0, 0.05) is 40.6 Å². The maximum atomic E-state index is 13.4. The number of amides is 2. The second-order valence-electron chi connectivity index (χ2n) is 8.61. The Labute approximate surface area is 197 Å². The maximum absolute atomic E-state index is 13.4. The summed E-state index contributed by atoms with van der Waals surface area (Å²) < 4.78 is 0. The van der Waals surface area contributed by atoms with Crippen molar-refractivity contribution in [3.63, 3.8) is 0 Å². The molecular formula is C27H27N3O2S. The molecule has 2 aromatic heterocycles. The van der Waals surface area contributed by atoms with E-state index in [0.29, 0.717) is 19.4 Å². The topological polar surface area (TPSA) is 65.2 Å². The molecule has 2 amide bonds. The monoisotopic (exact) mass is 457 g/mol. The Bertz CT molecular complexity index is 1260. The lowest BCUT2D eigenvalue weighted by molar-refractivity contribution is -0.129. The Morgan fingerprint density at radius 1 is 1.12 bits per heavy atom.